The summed E-state index contributed by atoms with van der Waals surface area (Å²) in [6, 6.07) is 7.23. The minimum absolute atomic E-state index is 0.0139. The molecular formula is C19H25NO5. The molecule has 0 spiro atoms. The molecule has 0 fully saturated rings. The lowest BCUT2D eigenvalue weighted by Crippen LogP contribution is -2.12. The zero-order valence-electron chi connectivity index (χ0n) is 14.8. The molecule has 1 aromatic rings. The van der Waals surface area contributed by atoms with E-state index in [1.807, 2.05) is 12.1 Å². The summed E-state index contributed by atoms with van der Waals surface area (Å²) >= 11 is 0. The molecule has 0 radical (unpaired) electrons. The van der Waals surface area contributed by atoms with Crippen LogP contribution < -0.4 is 5.32 Å². The van der Waals surface area contributed by atoms with Crippen LogP contribution in [0, 0.1) is 0 Å². The molecule has 136 valence electrons. The number of ketones is 2. The van der Waals surface area contributed by atoms with Crippen LogP contribution >= 0.6 is 0 Å². The Morgan fingerprint density at radius 1 is 1.00 bits per heavy atom. The van der Waals surface area contributed by atoms with E-state index in [1.54, 1.807) is 19.1 Å². The first-order chi connectivity index (χ1) is 11.9. The first-order valence-electron chi connectivity index (χ1n) is 8.46. The number of hydrogen-bond donors (Lipinski definition) is 1. The van der Waals surface area contributed by atoms with Gasteiger partial charge in [-0.1, -0.05) is 12.1 Å². The Hall–Kier alpha value is -2.50. The maximum Gasteiger partial charge on any atom is 0.305 e. The van der Waals surface area contributed by atoms with E-state index >= 15 is 0 Å². The van der Waals surface area contributed by atoms with Crippen LogP contribution in [-0.4, -0.2) is 30.0 Å². The van der Waals surface area contributed by atoms with Gasteiger partial charge in [0.15, 0.2) is 0 Å². The summed E-state index contributed by atoms with van der Waals surface area (Å²) in [4.78, 5) is 45.4. The highest BCUT2D eigenvalue weighted by molar-refractivity contribution is 5.98. The summed E-state index contributed by atoms with van der Waals surface area (Å²) in [5.74, 6) is -0.634. The molecule has 1 amide bonds. The van der Waals surface area contributed by atoms with E-state index < -0.39 is 0 Å². The molecular weight excluding hydrogens is 322 g/mol. The molecule has 1 rings (SSSR count). The molecule has 6 heteroatoms. The number of ether oxygens (including phenoxy) is 1. The number of amides is 1. The number of aryl methyl sites for hydroxylation is 1. The Bertz CT molecular complexity index is 607. The highest BCUT2D eigenvalue weighted by atomic mass is 16.5. The number of carbonyl (C=O) groups excluding carboxylic acids is 4. The summed E-state index contributed by atoms with van der Waals surface area (Å²) in [5, 5.41) is 2.76. The maximum absolute atomic E-state index is 11.8. The highest BCUT2D eigenvalue weighted by Gasteiger charge is 2.08. The number of carbonyl (C=O) groups is 4. The second kappa shape index (κ2) is 11.1. The molecule has 0 unspecified atom stereocenters. The average molecular weight is 347 g/mol. The molecule has 1 aromatic carbocycles. The van der Waals surface area contributed by atoms with Gasteiger partial charge in [-0.25, -0.2) is 0 Å². The van der Waals surface area contributed by atoms with Crippen molar-refractivity contribution in [3.05, 3.63) is 29.8 Å². The fourth-order valence-corrected chi connectivity index (χ4v) is 2.25. The number of esters is 1. The molecule has 0 aliphatic carbocycles. The number of nitrogens with one attached hydrogen (secondary N) is 1. The summed E-state index contributed by atoms with van der Waals surface area (Å²) in [6.07, 6.45) is 1.81. The largest absolute Gasteiger partial charge is 0.466 e. The highest BCUT2D eigenvalue weighted by Crippen LogP contribution is 2.12. The smallest absolute Gasteiger partial charge is 0.305 e. The summed E-state index contributed by atoms with van der Waals surface area (Å²) in [6.45, 7) is 3.49. The van der Waals surface area contributed by atoms with Gasteiger partial charge in [0.1, 0.15) is 11.6 Å². The molecule has 0 atom stereocenters. The number of Topliss-reactive ketones (excluding diaryl/α,β-unsaturated/α-hetero) is 2. The third-order valence-electron chi connectivity index (χ3n) is 3.47. The minimum atomic E-state index is -0.293. The van der Waals surface area contributed by atoms with Gasteiger partial charge in [0.25, 0.3) is 0 Å². The van der Waals surface area contributed by atoms with Gasteiger partial charge >= 0.3 is 5.97 Å². The summed E-state index contributed by atoms with van der Waals surface area (Å²) in [5.41, 5.74) is 1.64. The zero-order chi connectivity index (χ0) is 18.7. The lowest BCUT2D eigenvalue weighted by molar-refractivity contribution is -0.143. The van der Waals surface area contributed by atoms with Gasteiger partial charge in [-0.2, -0.15) is 0 Å². The second-order valence-electron chi connectivity index (χ2n) is 5.82. The number of benzene rings is 1. The average Bonchev–Trinajstić information content (AvgIpc) is 2.54. The molecule has 1 N–H and O–H groups in total. The van der Waals surface area contributed by atoms with Crippen LogP contribution in [0.1, 0.15) is 51.5 Å². The normalized spacial score (nSPS) is 10.2. The molecule has 0 aliphatic heterocycles. The topological polar surface area (TPSA) is 89.5 Å². The Balaban J connectivity index is 2.33. The van der Waals surface area contributed by atoms with Gasteiger partial charge in [0.2, 0.25) is 5.91 Å². The molecule has 0 aliphatic rings. The van der Waals surface area contributed by atoms with Crippen molar-refractivity contribution in [2.24, 2.45) is 0 Å². The fourth-order valence-electron chi connectivity index (χ4n) is 2.25. The summed E-state index contributed by atoms with van der Waals surface area (Å²) < 4.78 is 4.80. The van der Waals surface area contributed by atoms with Crippen molar-refractivity contribution < 1.29 is 23.9 Å². The number of rotatable bonds is 11. The molecule has 0 bridgehead atoms. The standard InChI is InChI=1S/C19H25NO5/c1-3-25-19(24)6-4-5-18(23)20-16-10-7-15(8-11-16)9-12-17(22)13-14(2)21/h7-8,10-11H,3-6,9,12-13H2,1-2H3,(H,20,23). The van der Waals surface area contributed by atoms with E-state index in [1.165, 1.54) is 6.92 Å². The quantitative estimate of drug-likeness (QED) is 0.491. The van der Waals surface area contributed by atoms with Crippen molar-refractivity contribution in [3.63, 3.8) is 0 Å². The minimum Gasteiger partial charge on any atom is -0.466 e. The maximum atomic E-state index is 11.8. The van der Waals surface area contributed by atoms with Gasteiger partial charge in [0, 0.05) is 24.9 Å². The van der Waals surface area contributed by atoms with E-state index in [2.05, 4.69) is 5.32 Å². The van der Waals surface area contributed by atoms with E-state index in [9.17, 15) is 19.2 Å². The monoisotopic (exact) mass is 347 g/mol. The van der Waals surface area contributed by atoms with E-state index in [-0.39, 0.29) is 42.7 Å². The second-order valence-corrected chi connectivity index (χ2v) is 5.82. The van der Waals surface area contributed by atoms with E-state index in [0.717, 1.165) is 5.56 Å². The van der Waals surface area contributed by atoms with Crippen LogP contribution in [-0.2, 0) is 30.3 Å². The SMILES string of the molecule is CCOC(=O)CCCC(=O)Nc1ccc(CCC(=O)CC(C)=O)cc1. The first kappa shape index (κ1) is 20.5. The van der Waals surface area contributed by atoms with Crippen LogP contribution in [0.4, 0.5) is 5.69 Å². The van der Waals surface area contributed by atoms with Gasteiger partial charge in [-0.3, -0.25) is 19.2 Å². The molecule has 0 saturated heterocycles. The fraction of sp³-hybridized carbons (Fsp3) is 0.474. The van der Waals surface area contributed by atoms with Crippen LogP contribution in [0.3, 0.4) is 0 Å². The third-order valence-corrected chi connectivity index (χ3v) is 3.47. The Labute approximate surface area is 147 Å². The van der Waals surface area contributed by atoms with Crippen molar-refractivity contribution in [2.45, 2.75) is 52.4 Å². The summed E-state index contributed by atoms with van der Waals surface area (Å²) in [7, 11) is 0. The number of hydrogen-bond acceptors (Lipinski definition) is 5. The van der Waals surface area contributed by atoms with Crippen LogP contribution in [0.15, 0.2) is 24.3 Å². The van der Waals surface area contributed by atoms with E-state index in [4.69, 9.17) is 4.74 Å². The number of anilines is 1. The van der Waals surface area contributed by atoms with Crippen molar-refractivity contribution in [1.29, 1.82) is 0 Å². The Morgan fingerprint density at radius 2 is 1.68 bits per heavy atom. The van der Waals surface area contributed by atoms with Crippen molar-refractivity contribution in [1.82, 2.24) is 0 Å². The van der Waals surface area contributed by atoms with Crippen LogP contribution in [0.25, 0.3) is 0 Å². The van der Waals surface area contributed by atoms with Crippen LogP contribution in [0.2, 0.25) is 0 Å². The molecule has 0 heterocycles. The lowest BCUT2D eigenvalue weighted by Gasteiger charge is -2.07. The van der Waals surface area contributed by atoms with Gasteiger partial charge in [0.05, 0.1) is 13.0 Å². The third kappa shape index (κ3) is 9.39. The van der Waals surface area contributed by atoms with Crippen molar-refractivity contribution in [3.8, 4) is 0 Å². The van der Waals surface area contributed by atoms with Gasteiger partial charge in [-0.15, -0.1) is 0 Å². The molecule has 0 aromatic heterocycles. The first-order valence-corrected chi connectivity index (χ1v) is 8.46. The predicted molar refractivity (Wildman–Crippen MR) is 94.2 cm³/mol. The van der Waals surface area contributed by atoms with Gasteiger partial charge < -0.3 is 10.1 Å². The molecule has 25 heavy (non-hydrogen) atoms. The predicted octanol–water partition coefficient (Wildman–Crippen LogP) is 2.84. The van der Waals surface area contributed by atoms with Crippen LogP contribution in [0.5, 0.6) is 0 Å². The lowest BCUT2D eigenvalue weighted by atomic mass is 10.0. The molecule has 6 nitrogen and oxygen atoms in total. The van der Waals surface area contributed by atoms with Gasteiger partial charge in [-0.05, 0) is 44.4 Å². The zero-order valence-corrected chi connectivity index (χ0v) is 14.8. The molecule has 0 saturated carbocycles. The Morgan fingerprint density at radius 3 is 2.28 bits per heavy atom. The van der Waals surface area contributed by atoms with Crippen molar-refractivity contribution >= 4 is 29.1 Å². The van der Waals surface area contributed by atoms with E-state index in [0.29, 0.717) is 31.6 Å². The van der Waals surface area contributed by atoms with Crippen molar-refractivity contribution in [2.75, 3.05) is 11.9 Å². The Kier molecular flexibility index (Phi) is 9.14.